The molecule has 0 unspecified atom stereocenters. The van der Waals surface area contributed by atoms with Gasteiger partial charge in [0, 0.05) is 12.2 Å². The van der Waals surface area contributed by atoms with Gasteiger partial charge in [0.05, 0.1) is 24.9 Å². The molecule has 0 aliphatic rings. The van der Waals surface area contributed by atoms with Crippen LogP contribution in [0, 0.1) is 11.3 Å². The summed E-state index contributed by atoms with van der Waals surface area (Å²) in [7, 11) is 0. The standard InChI is InChI=1S/C14H14N6O/c15-7-4-8-20(11-5-2-1-3-6-11)14(21)12-9-18-13(19-16)10-17-12/h1-3,5-6,9-10H,4,8,16H2,(H,18,19). The van der Waals surface area contributed by atoms with Crippen LogP contribution in [0.3, 0.4) is 0 Å². The molecule has 0 radical (unpaired) electrons. The molecule has 1 aromatic carbocycles. The first-order chi connectivity index (χ1) is 10.3. The van der Waals surface area contributed by atoms with Crippen molar-refractivity contribution in [3.63, 3.8) is 0 Å². The van der Waals surface area contributed by atoms with E-state index in [1.807, 2.05) is 24.3 Å². The van der Waals surface area contributed by atoms with E-state index < -0.39 is 0 Å². The summed E-state index contributed by atoms with van der Waals surface area (Å²) in [5.41, 5.74) is 3.25. The number of anilines is 2. The highest BCUT2D eigenvalue weighted by Crippen LogP contribution is 2.16. The van der Waals surface area contributed by atoms with E-state index in [1.165, 1.54) is 17.3 Å². The van der Waals surface area contributed by atoms with E-state index in [4.69, 9.17) is 11.1 Å². The number of nitrogen functional groups attached to an aromatic ring is 1. The second kappa shape index (κ2) is 6.98. The number of aromatic nitrogens is 2. The van der Waals surface area contributed by atoms with Crippen LogP contribution in [0.2, 0.25) is 0 Å². The Kier molecular flexibility index (Phi) is 4.79. The summed E-state index contributed by atoms with van der Waals surface area (Å²) in [6, 6.07) is 11.2. The molecule has 2 rings (SSSR count). The van der Waals surface area contributed by atoms with E-state index >= 15 is 0 Å². The van der Waals surface area contributed by atoms with Gasteiger partial charge < -0.3 is 10.3 Å². The number of hydrogen-bond acceptors (Lipinski definition) is 6. The summed E-state index contributed by atoms with van der Waals surface area (Å²) in [6.45, 7) is 0.290. The fourth-order valence-corrected chi connectivity index (χ4v) is 1.77. The number of para-hydroxylation sites is 1. The molecule has 0 atom stereocenters. The van der Waals surface area contributed by atoms with Gasteiger partial charge in [-0.3, -0.25) is 4.79 Å². The number of amides is 1. The maximum atomic E-state index is 12.5. The van der Waals surface area contributed by atoms with Gasteiger partial charge in [-0.15, -0.1) is 0 Å². The Labute approximate surface area is 122 Å². The highest BCUT2D eigenvalue weighted by atomic mass is 16.2. The van der Waals surface area contributed by atoms with Gasteiger partial charge in [-0.1, -0.05) is 18.2 Å². The molecule has 0 saturated heterocycles. The van der Waals surface area contributed by atoms with E-state index in [-0.39, 0.29) is 24.6 Å². The fraction of sp³-hybridized carbons (Fsp3) is 0.143. The Bertz CT molecular complexity index is 635. The summed E-state index contributed by atoms with van der Waals surface area (Å²) in [5, 5.41) is 8.74. The van der Waals surface area contributed by atoms with Crippen LogP contribution in [0.15, 0.2) is 42.7 Å². The second-order valence-electron chi connectivity index (χ2n) is 4.13. The van der Waals surface area contributed by atoms with Crippen LogP contribution in [-0.4, -0.2) is 22.4 Å². The Hall–Kier alpha value is -2.98. The Morgan fingerprint density at radius 1 is 1.29 bits per heavy atom. The minimum atomic E-state index is -0.312. The van der Waals surface area contributed by atoms with Crippen molar-refractivity contribution in [2.45, 2.75) is 6.42 Å². The maximum Gasteiger partial charge on any atom is 0.278 e. The lowest BCUT2D eigenvalue weighted by Crippen LogP contribution is -2.32. The van der Waals surface area contributed by atoms with Crippen molar-refractivity contribution < 1.29 is 4.79 Å². The van der Waals surface area contributed by atoms with Crippen molar-refractivity contribution in [2.75, 3.05) is 16.9 Å². The highest BCUT2D eigenvalue weighted by Gasteiger charge is 2.18. The zero-order chi connectivity index (χ0) is 15.1. The fourth-order valence-electron chi connectivity index (χ4n) is 1.77. The molecule has 3 N–H and O–H groups in total. The van der Waals surface area contributed by atoms with Gasteiger partial charge >= 0.3 is 0 Å². The number of nitrogens with one attached hydrogen (secondary N) is 1. The number of carbonyl (C=O) groups excluding carboxylic acids is 1. The monoisotopic (exact) mass is 282 g/mol. The molecule has 106 valence electrons. The number of nitrogens with zero attached hydrogens (tertiary/aromatic N) is 4. The Morgan fingerprint density at radius 3 is 2.62 bits per heavy atom. The molecular weight excluding hydrogens is 268 g/mol. The van der Waals surface area contributed by atoms with Crippen molar-refractivity contribution >= 4 is 17.4 Å². The minimum Gasteiger partial charge on any atom is -0.307 e. The molecule has 2 aromatic rings. The molecule has 0 aliphatic carbocycles. The molecule has 1 heterocycles. The lowest BCUT2D eigenvalue weighted by atomic mass is 10.2. The van der Waals surface area contributed by atoms with E-state index in [0.29, 0.717) is 11.5 Å². The first-order valence-electron chi connectivity index (χ1n) is 6.29. The van der Waals surface area contributed by atoms with Gasteiger partial charge in [0.25, 0.3) is 5.91 Å². The van der Waals surface area contributed by atoms with E-state index in [1.54, 1.807) is 12.1 Å². The van der Waals surface area contributed by atoms with E-state index in [9.17, 15) is 4.79 Å². The lowest BCUT2D eigenvalue weighted by molar-refractivity contribution is 0.0982. The lowest BCUT2D eigenvalue weighted by Gasteiger charge is -2.21. The average molecular weight is 282 g/mol. The van der Waals surface area contributed by atoms with E-state index in [0.717, 1.165) is 0 Å². The summed E-state index contributed by atoms with van der Waals surface area (Å²) in [6.07, 6.45) is 2.96. The first kappa shape index (κ1) is 14.4. The number of carbonyl (C=O) groups is 1. The largest absolute Gasteiger partial charge is 0.307 e. The van der Waals surface area contributed by atoms with Crippen LogP contribution in [0.1, 0.15) is 16.9 Å². The van der Waals surface area contributed by atoms with Gasteiger partial charge in [-0.2, -0.15) is 5.26 Å². The highest BCUT2D eigenvalue weighted by molar-refractivity contribution is 6.04. The zero-order valence-corrected chi connectivity index (χ0v) is 11.2. The van der Waals surface area contributed by atoms with Crippen LogP contribution in [0.25, 0.3) is 0 Å². The zero-order valence-electron chi connectivity index (χ0n) is 11.2. The number of benzene rings is 1. The molecular formula is C14H14N6O. The Balaban J connectivity index is 2.27. The molecule has 1 amide bonds. The normalized spacial score (nSPS) is 9.71. The Morgan fingerprint density at radius 2 is 2.05 bits per heavy atom. The van der Waals surface area contributed by atoms with Gasteiger partial charge in [0.1, 0.15) is 5.69 Å². The molecule has 7 nitrogen and oxygen atoms in total. The maximum absolute atomic E-state index is 12.5. The topological polar surface area (TPSA) is 108 Å². The third kappa shape index (κ3) is 3.52. The summed E-state index contributed by atoms with van der Waals surface area (Å²) in [4.78, 5) is 22.0. The van der Waals surface area contributed by atoms with Crippen molar-refractivity contribution in [3.05, 3.63) is 48.4 Å². The number of hydrazine groups is 1. The predicted octanol–water partition coefficient (Wildman–Crippen LogP) is 1.32. The van der Waals surface area contributed by atoms with Crippen LogP contribution < -0.4 is 16.2 Å². The third-order valence-corrected chi connectivity index (χ3v) is 2.78. The van der Waals surface area contributed by atoms with Crippen LogP contribution in [-0.2, 0) is 0 Å². The van der Waals surface area contributed by atoms with Crippen LogP contribution >= 0.6 is 0 Å². The molecule has 0 saturated carbocycles. The molecule has 7 heteroatoms. The molecule has 1 aromatic heterocycles. The summed E-state index contributed by atoms with van der Waals surface area (Å²) in [5.74, 6) is 5.27. The second-order valence-corrected chi connectivity index (χ2v) is 4.13. The molecule has 0 spiro atoms. The molecule has 0 fully saturated rings. The van der Waals surface area contributed by atoms with Crippen molar-refractivity contribution in [1.29, 1.82) is 5.26 Å². The van der Waals surface area contributed by atoms with Gasteiger partial charge in [-0.05, 0) is 12.1 Å². The van der Waals surface area contributed by atoms with Crippen LogP contribution in [0.4, 0.5) is 11.5 Å². The quantitative estimate of drug-likeness (QED) is 0.632. The van der Waals surface area contributed by atoms with Crippen molar-refractivity contribution in [1.82, 2.24) is 9.97 Å². The molecule has 21 heavy (non-hydrogen) atoms. The molecule has 0 bridgehead atoms. The van der Waals surface area contributed by atoms with Crippen molar-refractivity contribution in [3.8, 4) is 6.07 Å². The van der Waals surface area contributed by atoms with Gasteiger partial charge in [0.2, 0.25) is 0 Å². The average Bonchev–Trinajstić information content (AvgIpc) is 2.56. The number of hydrogen-bond donors (Lipinski definition) is 2. The summed E-state index contributed by atoms with van der Waals surface area (Å²) >= 11 is 0. The van der Waals surface area contributed by atoms with Gasteiger partial charge in [-0.25, -0.2) is 15.8 Å². The van der Waals surface area contributed by atoms with E-state index in [2.05, 4.69) is 15.4 Å². The first-order valence-corrected chi connectivity index (χ1v) is 6.29. The minimum absolute atomic E-state index is 0.191. The van der Waals surface area contributed by atoms with Crippen molar-refractivity contribution in [2.24, 2.45) is 5.84 Å². The number of rotatable bonds is 5. The summed E-state index contributed by atoms with van der Waals surface area (Å²) < 4.78 is 0. The number of nitrogens with two attached hydrogens (primary N) is 1. The van der Waals surface area contributed by atoms with Crippen LogP contribution in [0.5, 0.6) is 0 Å². The molecule has 0 aliphatic heterocycles. The van der Waals surface area contributed by atoms with Gasteiger partial charge in [0.15, 0.2) is 5.82 Å². The SMILES string of the molecule is N#CCCN(C(=O)c1cnc(NN)cn1)c1ccccc1. The smallest absolute Gasteiger partial charge is 0.278 e. The third-order valence-electron chi connectivity index (χ3n) is 2.78. The number of nitriles is 1. The predicted molar refractivity (Wildman–Crippen MR) is 78.2 cm³/mol.